The van der Waals surface area contributed by atoms with E-state index in [0.29, 0.717) is 29.6 Å². The van der Waals surface area contributed by atoms with Gasteiger partial charge in [-0.25, -0.2) is 4.79 Å². The summed E-state index contributed by atoms with van der Waals surface area (Å²) < 4.78 is 0. The Kier molecular flexibility index (Phi) is 10.9. The van der Waals surface area contributed by atoms with Crippen molar-refractivity contribution in [3.63, 3.8) is 0 Å². The zero-order chi connectivity index (χ0) is 34.3. The van der Waals surface area contributed by atoms with Crippen LogP contribution in [0.5, 0.6) is 0 Å². The van der Waals surface area contributed by atoms with Crippen molar-refractivity contribution < 1.29 is 19.8 Å². The van der Waals surface area contributed by atoms with Gasteiger partial charge in [-0.15, -0.1) is 0 Å². The Morgan fingerprint density at radius 1 is 0.745 bits per heavy atom. The van der Waals surface area contributed by atoms with E-state index in [1.54, 1.807) is 0 Å². The van der Waals surface area contributed by atoms with Crippen LogP contribution in [0.3, 0.4) is 0 Å². The summed E-state index contributed by atoms with van der Waals surface area (Å²) in [5.74, 6) is 2.09. The second-order valence-electron chi connectivity index (χ2n) is 18.6. The van der Waals surface area contributed by atoms with E-state index in [4.69, 9.17) is 5.11 Å². The number of allylic oxidation sites excluding steroid dienone is 1. The first-order valence-corrected chi connectivity index (χ1v) is 19.7. The minimum absolute atomic E-state index is 0.0217. The van der Waals surface area contributed by atoms with Crippen molar-refractivity contribution in [1.29, 1.82) is 0 Å². The highest BCUT2D eigenvalue weighted by atomic mass is 16.4. The van der Waals surface area contributed by atoms with Gasteiger partial charge in [-0.3, -0.25) is 4.79 Å². The molecule has 6 heteroatoms. The Balaban J connectivity index is 1.21. The third kappa shape index (κ3) is 6.56. The van der Waals surface area contributed by atoms with Crippen molar-refractivity contribution in [1.82, 2.24) is 10.6 Å². The van der Waals surface area contributed by atoms with Gasteiger partial charge in [0.25, 0.3) is 0 Å². The van der Waals surface area contributed by atoms with E-state index in [2.05, 4.69) is 58.8 Å². The number of aliphatic carboxylic acids is 1. The van der Waals surface area contributed by atoms with Crippen molar-refractivity contribution in [2.24, 2.45) is 51.2 Å². The molecule has 0 aromatic rings. The second-order valence-corrected chi connectivity index (χ2v) is 18.6. The average molecular weight is 655 g/mol. The van der Waals surface area contributed by atoms with E-state index < -0.39 is 5.97 Å². The lowest BCUT2D eigenvalue weighted by molar-refractivity contribution is -0.243. The average Bonchev–Trinajstić information content (AvgIpc) is 3.38. The molecule has 5 saturated carbocycles. The zero-order valence-electron chi connectivity index (χ0n) is 31.0. The molecule has 4 N–H and O–H groups in total. The number of carboxylic acids is 1. The van der Waals surface area contributed by atoms with Crippen molar-refractivity contribution >= 4 is 12.0 Å². The molecule has 268 valence electrons. The highest BCUT2D eigenvalue weighted by molar-refractivity contribution is 5.75. The molecule has 0 aromatic carbocycles. The first-order chi connectivity index (χ1) is 22.1. The van der Waals surface area contributed by atoms with E-state index in [1.165, 1.54) is 56.9 Å². The molecule has 5 fully saturated rings. The highest BCUT2D eigenvalue weighted by Crippen LogP contribution is 2.76. The van der Waals surface area contributed by atoms with E-state index >= 15 is 0 Å². The quantitative estimate of drug-likeness (QED) is 0.117. The van der Waals surface area contributed by atoms with Gasteiger partial charge in [-0.1, -0.05) is 85.3 Å². The van der Waals surface area contributed by atoms with Crippen LogP contribution >= 0.6 is 0 Å². The number of aliphatic hydroxyl groups excluding tert-OH is 1. The van der Waals surface area contributed by atoms with Crippen LogP contribution in [0.15, 0.2) is 12.2 Å². The van der Waals surface area contributed by atoms with Crippen molar-refractivity contribution in [3.05, 3.63) is 12.2 Å². The van der Waals surface area contributed by atoms with Gasteiger partial charge in [0.1, 0.15) is 0 Å². The molecule has 6 nitrogen and oxygen atoms in total. The molecule has 0 radical (unpaired) electrons. The van der Waals surface area contributed by atoms with Crippen LogP contribution in [0.2, 0.25) is 0 Å². The number of urea groups is 1. The van der Waals surface area contributed by atoms with E-state index in [9.17, 15) is 14.7 Å². The van der Waals surface area contributed by atoms with Crippen LogP contribution in [0.25, 0.3) is 0 Å². The number of hydrogen-bond donors (Lipinski definition) is 4. The summed E-state index contributed by atoms with van der Waals surface area (Å²) in [6, 6.07) is 0.0234. The molecule has 0 aliphatic heterocycles. The zero-order valence-corrected chi connectivity index (χ0v) is 31.0. The summed E-state index contributed by atoms with van der Waals surface area (Å²) in [6.45, 7) is 20.1. The molecular formula is C41H70N2O4. The smallest absolute Gasteiger partial charge is 0.315 e. The van der Waals surface area contributed by atoms with Gasteiger partial charge in [0.2, 0.25) is 0 Å². The number of rotatable bonds is 13. The van der Waals surface area contributed by atoms with Crippen LogP contribution in [0.4, 0.5) is 4.79 Å². The fourth-order valence-corrected chi connectivity index (χ4v) is 13.3. The standard InChI is InChI=1S/C41H70N2O4/c1-28(2)29-19-24-41(43-36(47)42-27-15-13-11-9-8-10-12-14-16-34(45)46)26-25-39(6)30(35(29)41)17-18-32-38(5)22-21-33(44)37(3,4)31(38)20-23-40(32,39)7/h29-33,35,44H,1,8-27H2,2-7H3,(H,45,46)(H2,42,43,47)/t29-,30+,31-,32+,33-,35+,38-,39+,40+,41-/m0/s1. The predicted octanol–water partition coefficient (Wildman–Crippen LogP) is 9.65. The molecule has 2 amide bonds. The van der Waals surface area contributed by atoms with Crippen molar-refractivity contribution in [3.8, 4) is 0 Å². The third-order valence-electron chi connectivity index (χ3n) is 16.0. The molecule has 0 aromatic heterocycles. The minimum atomic E-state index is -0.693. The molecule has 5 rings (SSSR count). The molecule has 0 spiro atoms. The molecule has 10 atom stereocenters. The summed E-state index contributed by atoms with van der Waals surface area (Å²) in [4.78, 5) is 24.2. The monoisotopic (exact) mass is 655 g/mol. The molecule has 0 heterocycles. The lowest BCUT2D eigenvalue weighted by atomic mass is 9.32. The van der Waals surface area contributed by atoms with Gasteiger partial charge in [0.15, 0.2) is 0 Å². The maximum Gasteiger partial charge on any atom is 0.315 e. The summed E-state index contributed by atoms with van der Waals surface area (Å²) in [5, 5.41) is 26.7. The summed E-state index contributed by atoms with van der Waals surface area (Å²) in [5.41, 5.74) is 1.93. The van der Waals surface area contributed by atoms with Crippen LogP contribution < -0.4 is 10.6 Å². The SMILES string of the molecule is C=C(C)[C@@H]1CC[C@]2(NC(=O)NCCCCCCCCCCC(=O)O)CC[C@]3(C)[C@H](CC[C@@H]4[C@@]5(C)CC[C@H](O)C(C)(C)[C@@H]5CC[C@]43C)[C@@H]12. The van der Waals surface area contributed by atoms with Crippen molar-refractivity contribution in [2.45, 2.75) is 175 Å². The van der Waals surface area contributed by atoms with Gasteiger partial charge >= 0.3 is 12.0 Å². The number of amides is 2. The summed E-state index contributed by atoms with van der Waals surface area (Å²) in [6.07, 6.45) is 20.2. The normalized spacial score (nSPS) is 41.9. The number of nitrogens with one attached hydrogen (secondary N) is 2. The topological polar surface area (TPSA) is 98.7 Å². The maximum absolute atomic E-state index is 13.5. The van der Waals surface area contributed by atoms with E-state index in [-0.39, 0.29) is 45.8 Å². The molecular weight excluding hydrogens is 584 g/mol. The first kappa shape index (κ1) is 36.7. The van der Waals surface area contributed by atoms with Crippen molar-refractivity contribution in [2.75, 3.05) is 6.54 Å². The molecule has 0 saturated heterocycles. The minimum Gasteiger partial charge on any atom is -0.481 e. The Morgan fingerprint density at radius 3 is 2.06 bits per heavy atom. The van der Waals surface area contributed by atoms with E-state index in [1.807, 2.05) is 0 Å². The summed E-state index contributed by atoms with van der Waals surface area (Å²) >= 11 is 0. The van der Waals surface area contributed by atoms with Gasteiger partial charge in [0.05, 0.1) is 6.10 Å². The van der Waals surface area contributed by atoms with Crippen LogP contribution in [0.1, 0.15) is 164 Å². The molecule has 5 aliphatic rings. The fourth-order valence-electron chi connectivity index (χ4n) is 13.3. The van der Waals surface area contributed by atoms with Gasteiger partial charge < -0.3 is 20.8 Å². The number of carboxylic acid groups (broad SMARTS) is 1. The number of aliphatic hydroxyl groups is 1. The summed E-state index contributed by atoms with van der Waals surface area (Å²) in [7, 11) is 0. The highest BCUT2D eigenvalue weighted by Gasteiger charge is 2.71. The Hall–Kier alpha value is -1.56. The van der Waals surface area contributed by atoms with Gasteiger partial charge in [-0.05, 0) is 135 Å². The fraction of sp³-hybridized carbons (Fsp3) is 0.902. The van der Waals surface area contributed by atoms with Crippen LogP contribution in [-0.4, -0.2) is 40.4 Å². The maximum atomic E-state index is 13.5. The molecule has 5 aliphatic carbocycles. The predicted molar refractivity (Wildman–Crippen MR) is 191 cm³/mol. The number of hydrogen-bond acceptors (Lipinski definition) is 3. The van der Waals surface area contributed by atoms with Crippen LogP contribution in [0, 0.1) is 51.2 Å². The number of fused-ring (bicyclic) bond motifs is 7. The molecule has 0 unspecified atom stereocenters. The lowest BCUT2D eigenvalue weighted by Crippen LogP contribution is -2.69. The Labute approximate surface area is 287 Å². The number of carbonyl (C=O) groups is 2. The van der Waals surface area contributed by atoms with Crippen LogP contribution in [-0.2, 0) is 4.79 Å². The van der Waals surface area contributed by atoms with Gasteiger partial charge in [-0.2, -0.15) is 0 Å². The van der Waals surface area contributed by atoms with Gasteiger partial charge in [0, 0.05) is 18.5 Å². The Morgan fingerprint density at radius 2 is 1.40 bits per heavy atom. The number of unbranched alkanes of at least 4 members (excludes halogenated alkanes) is 7. The first-order valence-electron chi connectivity index (χ1n) is 19.7. The Bertz CT molecular complexity index is 1150. The molecule has 0 bridgehead atoms. The second kappa shape index (κ2) is 14.0. The number of carbonyl (C=O) groups excluding carboxylic acids is 1. The lowest BCUT2D eigenvalue weighted by Gasteiger charge is -2.73. The largest absolute Gasteiger partial charge is 0.481 e. The molecule has 47 heavy (non-hydrogen) atoms. The van der Waals surface area contributed by atoms with E-state index in [0.717, 1.165) is 70.8 Å². The third-order valence-corrected chi connectivity index (χ3v) is 16.0.